The monoisotopic (exact) mass is 921 g/mol. The van der Waals surface area contributed by atoms with Crippen LogP contribution in [-0.4, -0.2) is 99.5 Å². The number of halogens is 4. The van der Waals surface area contributed by atoms with Gasteiger partial charge in [0.25, 0.3) is 0 Å². The molecular weight excluding hydrogens is 867 g/mol. The van der Waals surface area contributed by atoms with Crippen LogP contribution >= 0.6 is 0 Å². The number of benzene rings is 3. The third kappa shape index (κ3) is 11.6. The molecule has 5 heterocycles. The lowest BCUT2D eigenvalue weighted by atomic mass is 9.90. The molecule has 17 heteroatoms. The van der Waals surface area contributed by atoms with Gasteiger partial charge in [-0.25, -0.2) is 9.37 Å². The van der Waals surface area contributed by atoms with Crippen molar-refractivity contribution in [2.24, 2.45) is 5.92 Å². The number of carbonyl (C=O) groups is 4. The summed E-state index contributed by atoms with van der Waals surface area (Å²) in [6.07, 6.45) is 3.49. The van der Waals surface area contributed by atoms with Crippen LogP contribution in [0.5, 0.6) is 0 Å². The topological polar surface area (TPSA) is 145 Å². The van der Waals surface area contributed by atoms with E-state index in [9.17, 15) is 32.3 Å². The van der Waals surface area contributed by atoms with Gasteiger partial charge >= 0.3 is 6.18 Å². The van der Waals surface area contributed by atoms with Crippen molar-refractivity contribution in [2.75, 3.05) is 49.5 Å². The summed E-state index contributed by atoms with van der Waals surface area (Å²) in [5, 5.41) is 12.9. The first-order chi connectivity index (χ1) is 32.2. The molecule has 67 heavy (non-hydrogen) atoms. The first kappa shape index (κ1) is 47.0. The van der Waals surface area contributed by atoms with E-state index >= 15 is 4.39 Å². The van der Waals surface area contributed by atoms with Crippen LogP contribution in [0.15, 0.2) is 104 Å². The second kappa shape index (κ2) is 20.6. The SMILES string of the molecule is C[C@@H]1CN(c2ccc(C3CCC(=O)NC3=O)cc2F)C[C@H](C)N1CC1CCN(C(=O)Cn2cc(-c3ccc(NC(=O)C(NCCc4ccc(C(F)(F)F)cc4)c4ccccc4)nc3)cn2)CC1. The zero-order valence-electron chi connectivity index (χ0n) is 37.5. The highest BCUT2D eigenvalue weighted by molar-refractivity contribution is 6.01. The van der Waals surface area contributed by atoms with Crippen molar-refractivity contribution in [1.29, 1.82) is 0 Å². The van der Waals surface area contributed by atoms with E-state index in [0.29, 0.717) is 74.1 Å². The van der Waals surface area contributed by atoms with E-state index in [2.05, 4.69) is 49.7 Å². The highest BCUT2D eigenvalue weighted by Gasteiger charge is 2.35. The van der Waals surface area contributed by atoms with Gasteiger partial charge in [0.05, 0.1) is 23.4 Å². The highest BCUT2D eigenvalue weighted by Crippen LogP contribution is 2.33. The van der Waals surface area contributed by atoms with Crippen LogP contribution in [0.3, 0.4) is 0 Å². The summed E-state index contributed by atoms with van der Waals surface area (Å²) in [5.74, 6) is -1.17. The molecule has 3 aromatic carbocycles. The fourth-order valence-corrected chi connectivity index (χ4v) is 9.49. The van der Waals surface area contributed by atoms with Crippen LogP contribution in [0.1, 0.15) is 73.7 Å². The van der Waals surface area contributed by atoms with E-state index in [0.717, 1.165) is 48.2 Å². The summed E-state index contributed by atoms with van der Waals surface area (Å²) in [6.45, 7) is 8.30. The van der Waals surface area contributed by atoms with Gasteiger partial charge < -0.3 is 20.4 Å². The van der Waals surface area contributed by atoms with Crippen LogP contribution < -0.4 is 20.9 Å². The Kier molecular flexibility index (Phi) is 14.5. The van der Waals surface area contributed by atoms with Crippen molar-refractivity contribution in [2.45, 2.75) is 82.7 Å². The number of carbonyl (C=O) groups excluding carboxylic acids is 4. The van der Waals surface area contributed by atoms with E-state index in [4.69, 9.17) is 0 Å². The molecule has 5 aromatic rings. The molecule has 0 aliphatic carbocycles. The molecule has 2 unspecified atom stereocenters. The Hall–Kier alpha value is -6.46. The first-order valence-electron chi connectivity index (χ1n) is 22.8. The van der Waals surface area contributed by atoms with Gasteiger partial charge in [0, 0.05) is 81.3 Å². The van der Waals surface area contributed by atoms with Gasteiger partial charge in [-0.2, -0.15) is 18.3 Å². The van der Waals surface area contributed by atoms with Gasteiger partial charge in [-0.3, -0.25) is 34.1 Å². The first-order valence-corrected chi connectivity index (χ1v) is 22.8. The Bertz CT molecular complexity index is 2520. The zero-order valence-corrected chi connectivity index (χ0v) is 37.5. The summed E-state index contributed by atoms with van der Waals surface area (Å²) in [5.41, 5.74) is 3.33. The van der Waals surface area contributed by atoms with E-state index in [1.165, 1.54) is 18.2 Å². The van der Waals surface area contributed by atoms with Crippen molar-refractivity contribution >= 4 is 35.1 Å². The molecule has 3 saturated heterocycles. The second-order valence-electron chi connectivity index (χ2n) is 17.9. The number of hydrogen-bond donors (Lipinski definition) is 3. The minimum absolute atomic E-state index is 0.00812. The van der Waals surface area contributed by atoms with E-state index in [1.807, 2.05) is 41.3 Å². The van der Waals surface area contributed by atoms with Crippen LogP contribution in [0.2, 0.25) is 0 Å². The maximum absolute atomic E-state index is 15.5. The lowest BCUT2D eigenvalue weighted by molar-refractivity contribution is -0.138. The molecule has 0 saturated carbocycles. The molecule has 352 valence electrons. The smallest absolute Gasteiger partial charge is 0.366 e. The quantitative estimate of drug-likeness (QED) is 0.0795. The number of rotatable bonds is 14. The van der Waals surface area contributed by atoms with Gasteiger partial charge in [-0.1, -0.05) is 48.5 Å². The lowest BCUT2D eigenvalue weighted by Gasteiger charge is -2.47. The molecule has 2 aromatic heterocycles. The zero-order chi connectivity index (χ0) is 47.2. The van der Waals surface area contributed by atoms with Crippen molar-refractivity contribution in [3.8, 4) is 11.1 Å². The predicted octanol–water partition coefficient (Wildman–Crippen LogP) is 6.97. The Morgan fingerprint density at radius 3 is 2.27 bits per heavy atom. The molecule has 3 aliphatic heterocycles. The number of nitrogens with one attached hydrogen (secondary N) is 3. The Morgan fingerprint density at radius 2 is 1.61 bits per heavy atom. The standard InChI is InChI=1S/C50H55F4N9O4/c1-32-27-61(43-15-10-37(24-42(43)51)41-14-17-45(64)59-48(41)66)28-33(2)63(32)29-35-19-22-60(23-20-35)46(65)31-62-30-39(26-57-62)38-11-16-44(56-25-38)58-49(67)47(36-6-4-3-5-7-36)55-21-18-34-8-12-40(13-9-34)50(52,53)54/h3-13,15-16,24-26,30,32-33,35,41,47,55H,14,17-23,27-29,31H2,1-2H3,(H,56,58,67)(H,59,64,66)/t32-,33+,41?,47?. The number of piperidine rings is 2. The van der Waals surface area contributed by atoms with Crippen molar-refractivity contribution in [3.05, 3.63) is 132 Å². The average Bonchev–Trinajstić information content (AvgIpc) is 3.78. The van der Waals surface area contributed by atoms with Gasteiger partial charge in [0.2, 0.25) is 23.6 Å². The van der Waals surface area contributed by atoms with E-state index in [1.54, 1.807) is 41.5 Å². The number of aromatic nitrogens is 3. The van der Waals surface area contributed by atoms with Gasteiger partial charge in [-0.05, 0) is 98.5 Å². The van der Waals surface area contributed by atoms with E-state index < -0.39 is 23.7 Å². The molecule has 8 rings (SSSR count). The fraction of sp³-hybridized carbons (Fsp3) is 0.400. The third-order valence-electron chi connectivity index (χ3n) is 13.2. The molecular formula is C50H55F4N9O4. The minimum Gasteiger partial charge on any atom is -0.366 e. The number of nitrogens with zero attached hydrogens (tertiary/aromatic N) is 6. The van der Waals surface area contributed by atoms with Gasteiger partial charge in [0.15, 0.2) is 0 Å². The molecule has 0 bridgehead atoms. The molecule has 3 fully saturated rings. The average molecular weight is 922 g/mol. The largest absolute Gasteiger partial charge is 0.416 e. The summed E-state index contributed by atoms with van der Waals surface area (Å²) in [4.78, 5) is 61.9. The number of likely N-dealkylation sites (tertiary alicyclic amines) is 1. The van der Waals surface area contributed by atoms with Crippen molar-refractivity contribution in [1.82, 2.24) is 35.2 Å². The van der Waals surface area contributed by atoms with Crippen LogP contribution in [0.4, 0.5) is 29.1 Å². The number of piperazine rings is 1. The maximum Gasteiger partial charge on any atom is 0.416 e. The van der Waals surface area contributed by atoms with Crippen LogP contribution in [0.25, 0.3) is 11.1 Å². The molecule has 3 aliphatic rings. The second-order valence-corrected chi connectivity index (χ2v) is 17.9. The van der Waals surface area contributed by atoms with Gasteiger partial charge in [-0.15, -0.1) is 0 Å². The maximum atomic E-state index is 15.5. The summed E-state index contributed by atoms with van der Waals surface area (Å²) < 4.78 is 56.1. The third-order valence-corrected chi connectivity index (χ3v) is 13.2. The number of pyridine rings is 1. The molecule has 4 amide bonds. The summed E-state index contributed by atoms with van der Waals surface area (Å²) in [7, 11) is 0. The summed E-state index contributed by atoms with van der Waals surface area (Å²) in [6, 6.07) is 22.2. The molecule has 13 nitrogen and oxygen atoms in total. The van der Waals surface area contributed by atoms with Crippen LogP contribution in [-0.2, 0) is 38.3 Å². The fourth-order valence-electron chi connectivity index (χ4n) is 9.49. The highest BCUT2D eigenvalue weighted by atomic mass is 19.4. The van der Waals surface area contributed by atoms with Crippen molar-refractivity contribution < 1.29 is 36.7 Å². The Balaban J connectivity index is 0.786. The van der Waals surface area contributed by atoms with Crippen molar-refractivity contribution in [3.63, 3.8) is 0 Å². The molecule has 3 N–H and O–H groups in total. The number of amides is 4. The normalized spacial score (nSPS) is 20.1. The molecule has 0 spiro atoms. The predicted molar refractivity (Wildman–Crippen MR) is 245 cm³/mol. The molecule has 4 atom stereocenters. The number of hydrogen-bond acceptors (Lipinski definition) is 9. The van der Waals surface area contributed by atoms with E-state index in [-0.39, 0.29) is 54.5 Å². The summed E-state index contributed by atoms with van der Waals surface area (Å²) >= 11 is 0. The number of imide groups is 1. The Labute approximate surface area is 386 Å². The Morgan fingerprint density at radius 1 is 0.881 bits per heavy atom. The minimum atomic E-state index is -4.41. The van der Waals surface area contributed by atoms with Gasteiger partial charge in [0.1, 0.15) is 24.2 Å². The number of anilines is 2. The lowest BCUT2D eigenvalue weighted by Crippen LogP contribution is -2.58. The van der Waals surface area contributed by atoms with Crippen LogP contribution in [0, 0.1) is 11.7 Å². The number of alkyl halides is 3. The molecule has 0 radical (unpaired) electrons.